The van der Waals surface area contributed by atoms with Gasteiger partial charge in [0.15, 0.2) is 0 Å². The molecule has 0 bridgehead atoms. The van der Waals surface area contributed by atoms with E-state index in [0.717, 1.165) is 33.1 Å². The molecule has 1 aliphatic rings. The van der Waals surface area contributed by atoms with Crippen molar-refractivity contribution in [1.29, 1.82) is 0 Å². The molecule has 0 aliphatic carbocycles. The van der Waals surface area contributed by atoms with Gasteiger partial charge < -0.3 is 10.6 Å². The molecule has 1 unspecified atom stereocenters. The summed E-state index contributed by atoms with van der Waals surface area (Å²) < 4.78 is 1.89. The highest BCUT2D eigenvalue weighted by atomic mass is 16.2. The highest BCUT2D eigenvalue weighted by molar-refractivity contribution is 6.09. The summed E-state index contributed by atoms with van der Waals surface area (Å²) >= 11 is 0. The fraction of sp³-hybridized carbons (Fsp3) is 0.308. The molecule has 4 rings (SSSR count). The molecule has 1 atom stereocenters. The van der Waals surface area contributed by atoms with Crippen molar-refractivity contribution >= 4 is 17.8 Å². The maximum atomic E-state index is 13.0. The maximum Gasteiger partial charge on any atom is 0.325 e. The molecule has 1 saturated heterocycles. The summed E-state index contributed by atoms with van der Waals surface area (Å²) in [4.78, 5) is 38.9. The summed E-state index contributed by atoms with van der Waals surface area (Å²) in [5.74, 6) is -0.813. The fourth-order valence-electron chi connectivity index (χ4n) is 4.16. The van der Waals surface area contributed by atoms with Crippen molar-refractivity contribution in [2.24, 2.45) is 0 Å². The number of nitrogens with zero attached hydrogens (tertiary/aromatic N) is 3. The smallest absolute Gasteiger partial charge is 0.325 e. The van der Waals surface area contributed by atoms with Gasteiger partial charge >= 0.3 is 6.03 Å². The molecule has 4 amide bonds. The number of imide groups is 1. The molecule has 34 heavy (non-hydrogen) atoms. The van der Waals surface area contributed by atoms with Crippen LogP contribution >= 0.6 is 0 Å². The second-order valence-electron chi connectivity index (χ2n) is 8.92. The minimum Gasteiger partial charge on any atom is -0.354 e. The zero-order valence-corrected chi connectivity index (χ0v) is 19.9. The average Bonchev–Trinajstić information content (AvgIpc) is 3.25. The number of rotatable bonds is 7. The van der Waals surface area contributed by atoms with Crippen LogP contribution in [0.25, 0.3) is 5.69 Å². The number of hydrogen-bond donors (Lipinski definition) is 2. The Bertz CT molecular complexity index is 1230. The summed E-state index contributed by atoms with van der Waals surface area (Å²) in [6.45, 7) is 7.67. The van der Waals surface area contributed by atoms with Gasteiger partial charge in [0.2, 0.25) is 5.91 Å². The highest BCUT2D eigenvalue weighted by Crippen LogP contribution is 2.28. The Hall–Kier alpha value is -3.94. The first kappa shape index (κ1) is 23.2. The van der Waals surface area contributed by atoms with Gasteiger partial charge in [0.05, 0.1) is 11.4 Å². The number of nitrogens with one attached hydrogen (secondary N) is 2. The summed E-state index contributed by atoms with van der Waals surface area (Å²) in [6, 6.07) is 16.9. The van der Waals surface area contributed by atoms with Gasteiger partial charge in [-0.15, -0.1) is 0 Å². The molecule has 0 radical (unpaired) electrons. The fourth-order valence-corrected chi connectivity index (χ4v) is 4.16. The largest absolute Gasteiger partial charge is 0.354 e. The van der Waals surface area contributed by atoms with Gasteiger partial charge in [0.25, 0.3) is 5.91 Å². The quantitative estimate of drug-likeness (QED) is 0.531. The zero-order valence-electron chi connectivity index (χ0n) is 19.9. The lowest BCUT2D eigenvalue weighted by molar-refractivity contribution is -0.134. The van der Waals surface area contributed by atoms with Crippen LogP contribution in [0.15, 0.2) is 54.6 Å². The van der Waals surface area contributed by atoms with Crippen molar-refractivity contribution in [2.75, 3.05) is 13.1 Å². The molecule has 8 nitrogen and oxygen atoms in total. The number of hydrogen-bond acceptors (Lipinski definition) is 4. The Kier molecular flexibility index (Phi) is 6.24. The van der Waals surface area contributed by atoms with Crippen LogP contribution in [-0.2, 0) is 21.5 Å². The third-order valence-electron chi connectivity index (χ3n) is 6.13. The number of aryl methyl sites for hydroxylation is 3. The Labute approximate surface area is 199 Å². The summed E-state index contributed by atoms with van der Waals surface area (Å²) in [5, 5.41) is 10.0. The van der Waals surface area contributed by atoms with Crippen LogP contribution in [0.5, 0.6) is 0 Å². The van der Waals surface area contributed by atoms with Gasteiger partial charge in [-0.2, -0.15) is 5.10 Å². The lowest BCUT2D eigenvalue weighted by atomic mass is 9.91. The van der Waals surface area contributed by atoms with Crippen molar-refractivity contribution < 1.29 is 14.4 Å². The number of urea groups is 1. The van der Waals surface area contributed by atoms with E-state index in [1.165, 1.54) is 0 Å². The third-order valence-corrected chi connectivity index (χ3v) is 6.13. The Balaban J connectivity index is 1.31. The van der Waals surface area contributed by atoms with Gasteiger partial charge in [0, 0.05) is 12.2 Å². The van der Waals surface area contributed by atoms with Crippen LogP contribution in [-0.4, -0.2) is 45.6 Å². The lowest BCUT2D eigenvalue weighted by Crippen LogP contribution is -2.43. The molecule has 1 aromatic heterocycles. The van der Waals surface area contributed by atoms with Crippen LogP contribution < -0.4 is 10.6 Å². The van der Waals surface area contributed by atoms with E-state index < -0.39 is 17.5 Å². The first-order valence-electron chi connectivity index (χ1n) is 11.3. The molecule has 2 aromatic carbocycles. The van der Waals surface area contributed by atoms with E-state index >= 15 is 0 Å². The molecule has 0 spiro atoms. The molecule has 8 heteroatoms. The predicted octanol–water partition coefficient (Wildman–Crippen LogP) is 2.92. The first-order chi connectivity index (χ1) is 16.2. The predicted molar refractivity (Wildman–Crippen MR) is 129 cm³/mol. The van der Waals surface area contributed by atoms with E-state index in [-0.39, 0.29) is 12.5 Å². The van der Waals surface area contributed by atoms with Gasteiger partial charge in [0.1, 0.15) is 12.1 Å². The minimum atomic E-state index is -1.18. The Morgan fingerprint density at radius 3 is 2.32 bits per heavy atom. The summed E-state index contributed by atoms with van der Waals surface area (Å²) in [6.07, 6.45) is 0.629. The van der Waals surface area contributed by atoms with E-state index in [4.69, 9.17) is 0 Å². The summed E-state index contributed by atoms with van der Waals surface area (Å²) in [5.41, 5.74) is 4.63. The van der Waals surface area contributed by atoms with Crippen molar-refractivity contribution in [3.8, 4) is 5.69 Å². The molecule has 2 heterocycles. The van der Waals surface area contributed by atoms with E-state index in [1.807, 2.05) is 80.1 Å². The van der Waals surface area contributed by atoms with Gasteiger partial charge in [-0.25, -0.2) is 9.48 Å². The van der Waals surface area contributed by atoms with E-state index in [9.17, 15) is 14.4 Å². The molecule has 2 N–H and O–H groups in total. The molecule has 176 valence electrons. The second kappa shape index (κ2) is 9.13. The Morgan fingerprint density at radius 1 is 1.03 bits per heavy atom. The third kappa shape index (κ3) is 4.57. The van der Waals surface area contributed by atoms with E-state index in [1.54, 1.807) is 6.92 Å². The van der Waals surface area contributed by atoms with Gasteiger partial charge in [-0.05, 0) is 63.4 Å². The first-order valence-corrected chi connectivity index (χ1v) is 11.3. The molecule has 1 aliphatic heterocycles. The number of amides is 4. The van der Waals surface area contributed by atoms with Crippen molar-refractivity contribution in [3.05, 3.63) is 82.7 Å². The maximum absolute atomic E-state index is 13.0. The Morgan fingerprint density at radius 2 is 1.71 bits per heavy atom. The van der Waals surface area contributed by atoms with Crippen LogP contribution in [0.1, 0.15) is 35.0 Å². The summed E-state index contributed by atoms with van der Waals surface area (Å²) in [7, 11) is 0. The normalized spacial score (nSPS) is 17.7. The lowest BCUT2D eigenvalue weighted by Gasteiger charge is -2.22. The average molecular weight is 460 g/mol. The minimum absolute atomic E-state index is 0.316. The van der Waals surface area contributed by atoms with Crippen LogP contribution in [0.4, 0.5) is 4.79 Å². The monoisotopic (exact) mass is 459 g/mol. The molecule has 3 aromatic rings. The van der Waals surface area contributed by atoms with Crippen molar-refractivity contribution in [2.45, 2.75) is 39.7 Å². The number of benzene rings is 2. The molecular weight excluding hydrogens is 430 g/mol. The second-order valence-corrected chi connectivity index (χ2v) is 8.92. The van der Waals surface area contributed by atoms with E-state index in [0.29, 0.717) is 18.5 Å². The van der Waals surface area contributed by atoms with Crippen LogP contribution in [0.3, 0.4) is 0 Å². The zero-order chi connectivity index (χ0) is 24.5. The topological polar surface area (TPSA) is 96.3 Å². The van der Waals surface area contributed by atoms with Gasteiger partial charge in [-0.3, -0.25) is 14.5 Å². The van der Waals surface area contributed by atoms with E-state index in [2.05, 4.69) is 15.7 Å². The standard InChI is InChI=1S/C26H29N5O3/c1-17-5-9-21(10-6-17)26(4)24(33)30(25(34)28-26)16-23(32)27-14-13-20-7-11-22(12-8-20)31-19(3)15-18(2)29-31/h5-12,15H,13-14,16H2,1-4H3,(H,27,32)(H,28,34). The van der Waals surface area contributed by atoms with Crippen LogP contribution in [0.2, 0.25) is 0 Å². The number of carbonyl (C=O) groups excluding carboxylic acids is 3. The molecule has 0 saturated carbocycles. The molecule has 1 fully saturated rings. The van der Waals surface area contributed by atoms with Crippen molar-refractivity contribution in [3.63, 3.8) is 0 Å². The van der Waals surface area contributed by atoms with Crippen molar-refractivity contribution in [1.82, 2.24) is 25.3 Å². The highest BCUT2D eigenvalue weighted by Gasteiger charge is 2.49. The number of carbonyl (C=O) groups is 3. The molecular formula is C26H29N5O3. The SMILES string of the molecule is Cc1ccc(C2(C)NC(=O)N(CC(=O)NCCc3ccc(-n4nc(C)cc4C)cc3)C2=O)cc1. The number of aromatic nitrogens is 2. The van der Waals surface area contributed by atoms with Gasteiger partial charge in [-0.1, -0.05) is 42.0 Å². The van der Waals surface area contributed by atoms with Crippen LogP contribution in [0, 0.1) is 20.8 Å².